The lowest BCUT2D eigenvalue weighted by Gasteiger charge is -2.13. The van der Waals surface area contributed by atoms with Crippen LogP contribution in [0, 0.1) is 0 Å². The van der Waals surface area contributed by atoms with E-state index in [0.29, 0.717) is 0 Å². The van der Waals surface area contributed by atoms with Crippen molar-refractivity contribution in [1.29, 1.82) is 0 Å². The largest absolute Gasteiger partial charge is 0.493 e. The zero-order chi connectivity index (χ0) is 14.4. The van der Waals surface area contributed by atoms with Crippen molar-refractivity contribution in [3.8, 4) is 11.5 Å². The monoisotopic (exact) mass is 275 g/mol. The first kappa shape index (κ1) is 14.5. The average Bonchev–Trinajstić information content (AvgIpc) is 2.98. The van der Waals surface area contributed by atoms with Crippen molar-refractivity contribution in [1.82, 2.24) is 0 Å². The molecule has 0 bridgehead atoms. The molecule has 2 N–H and O–H groups in total. The molecule has 0 fully saturated rings. The Labute approximate surface area is 119 Å². The molecule has 0 aliphatic carbocycles. The van der Waals surface area contributed by atoms with Gasteiger partial charge in [-0.05, 0) is 42.7 Å². The summed E-state index contributed by atoms with van der Waals surface area (Å²) in [6.07, 6.45) is 4.25. The van der Waals surface area contributed by atoms with Gasteiger partial charge in [0.1, 0.15) is 5.76 Å². The number of rotatable bonds is 7. The second kappa shape index (κ2) is 7.01. The summed E-state index contributed by atoms with van der Waals surface area (Å²) >= 11 is 0. The van der Waals surface area contributed by atoms with E-state index in [-0.39, 0.29) is 6.04 Å². The van der Waals surface area contributed by atoms with Gasteiger partial charge >= 0.3 is 0 Å². The maximum Gasteiger partial charge on any atom is 0.160 e. The Bertz CT molecular complexity index is 523. The zero-order valence-corrected chi connectivity index (χ0v) is 12.0. The molecule has 20 heavy (non-hydrogen) atoms. The highest BCUT2D eigenvalue weighted by molar-refractivity contribution is 5.43. The molecule has 4 heteroatoms. The first-order valence-electron chi connectivity index (χ1n) is 6.71. The van der Waals surface area contributed by atoms with Gasteiger partial charge in [0.15, 0.2) is 11.5 Å². The summed E-state index contributed by atoms with van der Waals surface area (Å²) in [6, 6.07) is 9.88. The van der Waals surface area contributed by atoms with Crippen LogP contribution in [0.4, 0.5) is 0 Å². The number of hydrogen-bond donors (Lipinski definition) is 1. The Morgan fingerprint density at radius 1 is 1.15 bits per heavy atom. The molecule has 0 radical (unpaired) electrons. The van der Waals surface area contributed by atoms with Crippen LogP contribution < -0.4 is 15.2 Å². The second-order valence-electron chi connectivity index (χ2n) is 4.77. The molecule has 2 rings (SSSR count). The number of nitrogens with two attached hydrogens (primary N) is 1. The van der Waals surface area contributed by atoms with Gasteiger partial charge in [0.05, 0.1) is 20.5 Å². The zero-order valence-electron chi connectivity index (χ0n) is 12.0. The van der Waals surface area contributed by atoms with Gasteiger partial charge in [-0.15, -0.1) is 0 Å². The van der Waals surface area contributed by atoms with Crippen LogP contribution in [0.2, 0.25) is 0 Å². The Kier molecular flexibility index (Phi) is 5.07. The molecule has 0 amide bonds. The van der Waals surface area contributed by atoms with Gasteiger partial charge in [-0.1, -0.05) is 6.07 Å². The topological polar surface area (TPSA) is 57.6 Å². The summed E-state index contributed by atoms with van der Waals surface area (Å²) in [5.41, 5.74) is 7.32. The number of benzene rings is 1. The van der Waals surface area contributed by atoms with Crippen LogP contribution in [0.5, 0.6) is 11.5 Å². The number of hydrogen-bond acceptors (Lipinski definition) is 4. The molecule has 1 unspecified atom stereocenters. The number of ether oxygens (including phenoxy) is 2. The third-order valence-electron chi connectivity index (χ3n) is 3.29. The molecular formula is C16H21NO3. The van der Waals surface area contributed by atoms with Crippen molar-refractivity contribution in [2.75, 3.05) is 14.2 Å². The summed E-state index contributed by atoms with van der Waals surface area (Å²) in [7, 11) is 3.27. The van der Waals surface area contributed by atoms with Crippen molar-refractivity contribution in [2.45, 2.75) is 25.3 Å². The standard InChI is InChI=1S/C16H21NO3/c1-18-15-8-5-12(11-16(15)19-2)10-13(17)6-7-14-4-3-9-20-14/h3-5,8-9,11,13H,6-7,10,17H2,1-2H3. The van der Waals surface area contributed by atoms with Gasteiger partial charge in [-0.25, -0.2) is 0 Å². The minimum atomic E-state index is 0.0956. The first-order valence-corrected chi connectivity index (χ1v) is 6.71. The van der Waals surface area contributed by atoms with E-state index in [1.54, 1.807) is 20.5 Å². The highest BCUT2D eigenvalue weighted by atomic mass is 16.5. The molecule has 0 spiro atoms. The Morgan fingerprint density at radius 3 is 2.60 bits per heavy atom. The molecule has 108 valence electrons. The Morgan fingerprint density at radius 2 is 1.95 bits per heavy atom. The smallest absolute Gasteiger partial charge is 0.160 e. The summed E-state index contributed by atoms with van der Waals surface area (Å²) in [4.78, 5) is 0. The molecule has 4 nitrogen and oxygen atoms in total. The van der Waals surface area contributed by atoms with E-state index >= 15 is 0 Å². The van der Waals surface area contributed by atoms with E-state index in [1.165, 1.54) is 0 Å². The van der Waals surface area contributed by atoms with Crippen LogP contribution in [0.15, 0.2) is 41.0 Å². The van der Waals surface area contributed by atoms with Crippen molar-refractivity contribution in [3.63, 3.8) is 0 Å². The van der Waals surface area contributed by atoms with Crippen LogP contribution >= 0.6 is 0 Å². The van der Waals surface area contributed by atoms with Crippen LogP contribution in [-0.4, -0.2) is 20.3 Å². The minimum absolute atomic E-state index is 0.0956. The van der Waals surface area contributed by atoms with E-state index in [2.05, 4.69) is 0 Å². The summed E-state index contributed by atoms with van der Waals surface area (Å²) in [5.74, 6) is 2.46. The van der Waals surface area contributed by atoms with Gasteiger partial charge < -0.3 is 19.6 Å². The van der Waals surface area contributed by atoms with Gasteiger partial charge in [-0.2, -0.15) is 0 Å². The SMILES string of the molecule is COc1ccc(CC(N)CCc2ccco2)cc1OC. The van der Waals surface area contributed by atoms with E-state index in [0.717, 1.165) is 42.1 Å². The third kappa shape index (κ3) is 3.78. The summed E-state index contributed by atoms with van der Waals surface area (Å²) < 4.78 is 15.8. The number of aryl methyl sites for hydroxylation is 1. The van der Waals surface area contributed by atoms with E-state index in [1.807, 2.05) is 30.3 Å². The third-order valence-corrected chi connectivity index (χ3v) is 3.29. The van der Waals surface area contributed by atoms with Crippen molar-refractivity contribution in [3.05, 3.63) is 47.9 Å². The predicted molar refractivity (Wildman–Crippen MR) is 78.3 cm³/mol. The highest BCUT2D eigenvalue weighted by Gasteiger charge is 2.09. The number of furan rings is 1. The fourth-order valence-electron chi connectivity index (χ4n) is 2.19. The predicted octanol–water partition coefficient (Wildman–Crippen LogP) is 2.80. The quantitative estimate of drug-likeness (QED) is 0.844. The fraction of sp³-hybridized carbons (Fsp3) is 0.375. The Hall–Kier alpha value is -1.94. The van der Waals surface area contributed by atoms with Gasteiger partial charge in [0.25, 0.3) is 0 Å². The normalized spacial score (nSPS) is 12.2. The lowest BCUT2D eigenvalue weighted by molar-refractivity contribution is 0.354. The fourth-order valence-corrected chi connectivity index (χ4v) is 2.19. The molecule has 0 aliphatic heterocycles. The van der Waals surface area contributed by atoms with Crippen LogP contribution in [0.1, 0.15) is 17.7 Å². The van der Waals surface area contributed by atoms with Crippen LogP contribution in [0.25, 0.3) is 0 Å². The molecule has 2 aromatic rings. The van der Waals surface area contributed by atoms with Crippen molar-refractivity contribution < 1.29 is 13.9 Å². The molecule has 0 saturated carbocycles. The molecule has 1 heterocycles. The lowest BCUT2D eigenvalue weighted by atomic mass is 10.0. The summed E-state index contributed by atoms with van der Waals surface area (Å²) in [5, 5.41) is 0. The molecule has 1 atom stereocenters. The maximum absolute atomic E-state index is 6.17. The van der Waals surface area contributed by atoms with Crippen LogP contribution in [0.3, 0.4) is 0 Å². The molecule has 1 aromatic heterocycles. The molecule has 0 aliphatic rings. The van der Waals surface area contributed by atoms with Gasteiger partial charge in [-0.3, -0.25) is 0 Å². The second-order valence-corrected chi connectivity index (χ2v) is 4.77. The maximum atomic E-state index is 6.17. The lowest BCUT2D eigenvalue weighted by Crippen LogP contribution is -2.23. The number of methoxy groups -OCH3 is 2. The van der Waals surface area contributed by atoms with Crippen LogP contribution in [-0.2, 0) is 12.8 Å². The van der Waals surface area contributed by atoms with Gasteiger partial charge in [0.2, 0.25) is 0 Å². The van der Waals surface area contributed by atoms with E-state index in [9.17, 15) is 0 Å². The Balaban J connectivity index is 1.91. The molecule has 1 aromatic carbocycles. The minimum Gasteiger partial charge on any atom is -0.493 e. The highest BCUT2D eigenvalue weighted by Crippen LogP contribution is 2.28. The summed E-state index contributed by atoms with van der Waals surface area (Å²) in [6.45, 7) is 0. The first-order chi connectivity index (χ1) is 9.72. The van der Waals surface area contributed by atoms with E-state index in [4.69, 9.17) is 19.6 Å². The van der Waals surface area contributed by atoms with Crippen molar-refractivity contribution in [2.24, 2.45) is 5.73 Å². The van der Waals surface area contributed by atoms with E-state index < -0.39 is 0 Å². The van der Waals surface area contributed by atoms with Crippen molar-refractivity contribution >= 4 is 0 Å². The van der Waals surface area contributed by atoms with Gasteiger partial charge in [0, 0.05) is 12.5 Å². The molecular weight excluding hydrogens is 254 g/mol. The molecule has 0 saturated heterocycles. The average molecular weight is 275 g/mol.